The minimum atomic E-state index is -3.79. The molecule has 0 radical (unpaired) electrons. The van der Waals surface area contributed by atoms with Gasteiger partial charge in [-0.2, -0.15) is 0 Å². The molecule has 0 aliphatic heterocycles. The van der Waals surface area contributed by atoms with Gasteiger partial charge in [-0.25, -0.2) is 27.3 Å². The maximum atomic E-state index is 13.2. The van der Waals surface area contributed by atoms with Crippen LogP contribution < -0.4 is 16.0 Å². The first-order valence-corrected chi connectivity index (χ1v) is 17.5. The zero-order valence-corrected chi connectivity index (χ0v) is 28.1. The number of nitrogens with one attached hydrogen (secondary N) is 3. The molecule has 1 aliphatic carbocycles. The average Bonchev–Trinajstić information content (AvgIpc) is 3.54. The standard InChI is InChI=1S/C36H38N8O4S/c1-43(2)18-7-12-34(45)41-28-15-13-25(14-16-28)36(46)42-30-9-6-8-29(21-30)40-33-22-32(38-24-39-33)27-20-26-17-19-44(35(26)37-23-27)49(47,48)31-10-4-3-5-11-31/h3-12,17,19-25,28H,13-16,18H2,1-2H3,(H,41,45)(H,42,46)(H,38,39,40)/b12-7+. The van der Waals surface area contributed by atoms with Gasteiger partial charge >= 0.3 is 0 Å². The number of carbonyl (C=O) groups is 2. The maximum absolute atomic E-state index is 13.2. The molecule has 0 atom stereocenters. The lowest BCUT2D eigenvalue weighted by atomic mass is 9.85. The number of likely N-dealkylation sites (N-methyl/N-ethyl adjacent to an activating group) is 1. The fraction of sp³-hybridized carbons (Fsp3) is 0.250. The number of hydrogen-bond acceptors (Lipinski definition) is 9. The van der Waals surface area contributed by atoms with Gasteiger partial charge in [0.05, 0.1) is 10.6 Å². The van der Waals surface area contributed by atoms with Crippen LogP contribution in [0.25, 0.3) is 22.3 Å². The molecule has 1 fully saturated rings. The van der Waals surface area contributed by atoms with Gasteiger partial charge in [0.2, 0.25) is 11.8 Å². The molecule has 0 saturated heterocycles. The molecule has 1 aliphatic rings. The second kappa shape index (κ2) is 14.8. The first-order valence-electron chi connectivity index (χ1n) is 16.1. The van der Waals surface area contributed by atoms with Gasteiger partial charge in [-0.05, 0) is 82.2 Å². The second-order valence-electron chi connectivity index (χ2n) is 12.3. The van der Waals surface area contributed by atoms with Gasteiger partial charge in [0.15, 0.2) is 5.65 Å². The van der Waals surface area contributed by atoms with Gasteiger partial charge in [0.1, 0.15) is 12.1 Å². The van der Waals surface area contributed by atoms with E-state index in [2.05, 4.69) is 30.9 Å². The summed E-state index contributed by atoms with van der Waals surface area (Å²) in [5.41, 5.74) is 3.01. The van der Waals surface area contributed by atoms with Gasteiger partial charge in [-0.3, -0.25) is 9.59 Å². The zero-order chi connectivity index (χ0) is 34.4. The van der Waals surface area contributed by atoms with Gasteiger partial charge in [0, 0.05) is 65.4 Å². The van der Waals surface area contributed by atoms with Gasteiger partial charge < -0.3 is 20.9 Å². The second-order valence-corrected chi connectivity index (χ2v) is 14.1. The summed E-state index contributed by atoms with van der Waals surface area (Å²) in [6.07, 6.45) is 10.9. The van der Waals surface area contributed by atoms with E-state index >= 15 is 0 Å². The third-order valence-corrected chi connectivity index (χ3v) is 10.0. The Kier molecular flexibility index (Phi) is 10.1. The Labute approximate surface area is 285 Å². The Balaban J connectivity index is 1.07. The lowest BCUT2D eigenvalue weighted by molar-refractivity contribution is -0.121. The van der Waals surface area contributed by atoms with Crippen molar-refractivity contribution in [3.05, 3.63) is 104 Å². The summed E-state index contributed by atoms with van der Waals surface area (Å²) in [5.74, 6) is 0.277. The summed E-state index contributed by atoms with van der Waals surface area (Å²) >= 11 is 0. The van der Waals surface area contributed by atoms with Crippen LogP contribution in [0, 0.1) is 5.92 Å². The van der Waals surface area contributed by atoms with Crippen molar-refractivity contribution >= 4 is 50.1 Å². The fourth-order valence-electron chi connectivity index (χ4n) is 5.81. The van der Waals surface area contributed by atoms with Gasteiger partial charge in [0.25, 0.3) is 10.0 Å². The summed E-state index contributed by atoms with van der Waals surface area (Å²) < 4.78 is 27.6. The van der Waals surface area contributed by atoms with Crippen LogP contribution >= 0.6 is 0 Å². The number of amides is 2. The molecule has 2 amide bonds. The molecule has 13 heteroatoms. The molecular formula is C36H38N8O4S. The number of aromatic nitrogens is 4. The van der Waals surface area contributed by atoms with Crippen LogP contribution in [0.4, 0.5) is 17.2 Å². The highest BCUT2D eigenvalue weighted by molar-refractivity contribution is 7.90. The highest BCUT2D eigenvalue weighted by Gasteiger charge is 2.27. The molecule has 0 unspecified atom stereocenters. The lowest BCUT2D eigenvalue weighted by Crippen LogP contribution is -2.39. The van der Waals surface area contributed by atoms with Crippen molar-refractivity contribution in [2.45, 2.75) is 36.6 Å². The minimum Gasteiger partial charge on any atom is -0.350 e. The van der Waals surface area contributed by atoms with Crippen LogP contribution in [0.15, 0.2) is 109 Å². The predicted molar refractivity (Wildman–Crippen MR) is 190 cm³/mol. The molecule has 0 bridgehead atoms. The lowest BCUT2D eigenvalue weighted by Gasteiger charge is -2.28. The van der Waals surface area contributed by atoms with Crippen LogP contribution in [0.1, 0.15) is 25.7 Å². The SMILES string of the molecule is CN(C)C/C=C/C(=O)NC1CCC(C(=O)Nc2cccc(Nc3cc(-c4cnc5c(ccn5S(=O)(=O)c5ccccc5)c4)ncn3)c2)CC1. The van der Waals surface area contributed by atoms with Crippen molar-refractivity contribution in [1.29, 1.82) is 0 Å². The van der Waals surface area contributed by atoms with E-state index in [-0.39, 0.29) is 28.7 Å². The summed E-state index contributed by atoms with van der Waals surface area (Å²) in [6.45, 7) is 0.703. The molecule has 5 aromatic rings. The predicted octanol–water partition coefficient (Wildman–Crippen LogP) is 5.21. The largest absolute Gasteiger partial charge is 0.350 e. The Morgan fingerprint density at radius 1 is 0.918 bits per heavy atom. The molecule has 6 rings (SSSR count). The van der Waals surface area contributed by atoms with Crippen LogP contribution in [-0.2, 0) is 19.6 Å². The molecule has 1 saturated carbocycles. The van der Waals surface area contributed by atoms with Crippen LogP contribution in [0.5, 0.6) is 0 Å². The van der Waals surface area contributed by atoms with Crippen molar-refractivity contribution in [1.82, 2.24) is 29.1 Å². The Hall–Kier alpha value is -5.40. The van der Waals surface area contributed by atoms with E-state index in [4.69, 9.17) is 0 Å². The third-order valence-electron chi connectivity index (χ3n) is 8.34. The molecule has 49 heavy (non-hydrogen) atoms. The first-order chi connectivity index (χ1) is 23.7. The molecule has 3 N–H and O–H groups in total. The van der Waals surface area contributed by atoms with E-state index in [0.29, 0.717) is 53.2 Å². The molecule has 3 heterocycles. The summed E-state index contributed by atoms with van der Waals surface area (Å²) in [5, 5.41) is 10.0. The van der Waals surface area contributed by atoms with Crippen LogP contribution in [0.3, 0.4) is 0 Å². The highest BCUT2D eigenvalue weighted by atomic mass is 32.2. The van der Waals surface area contributed by atoms with Crippen molar-refractivity contribution in [3.63, 3.8) is 0 Å². The Bertz CT molecular complexity index is 2090. The fourth-order valence-corrected chi connectivity index (χ4v) is 7.14. The number of hydrogen-bond donors (Lipinski definition) is 3. The van der Waals surface area contributed by atoms with E-state index in [9.17, 15) is 18.0 Å². The Morgan fingerprint density at radius 3 is 2.47 bits per heavy atom. The summed E-state index contributed by atoms with van der Waals surface area (Å²) in [6, 6.07) is 21.0. The van der Waals surface area contributed by atoms with Crippen molar-refractivity contribution < 1.29 is 18.0 Å². The first kappa shape index (κ1) is 33.5. The van der Waals surface area contributed by atoms with Crippen LogP contribution in [-0.4, -0.2) is 70.7 Å². The molecule has 0 spiro atoms. The Morgan fingerprint density at radius 2 is 1.69 bits per heavy atom. The van der Waals surface area contributed by atoms with E-state index in [1.54, 1.807) is 54.7 Å². The topological polar surface area (TPSA) is 151 Å². The van der Waals surface area contributed by atoms with E-state index in [1.807, 2.05) is 55.4 Å². The highest BCUT2D eigenvalue weighted by Crippen LogP contribution is 2.28. The van der Waals surface area contributed by atoms with Crippen LogP contribution in [0.2, 0.25) is 0 Å². The van der Waals surface area contributed by atoms with Crippen molar-refractivity contribution in [2.24, 2.45) is 5.92 Å². The number of nitrogens with zero attached hydrogens (tertiary/aromatic N) is 5. The summed E-state index contributed by atoms with van der Waals surface area (Å²) in [7, 11) is 0.0997. The quantitative estimate of drug-likeness (QED) is 0.160. The van der Waals surface area contributed by atoms with E-state index in [1.165, 1.54) is 16.5 Å². The smallest absolute Gasteiger partial charge is 0.269 e. The average molecular weight is 679 g/mol. The molecule has 12 nitrogen and oxygen atoms in total. The number of anilines is 3. The third kappa shape index (κ3) is 8.19. The van der Waals surface area contributed by atoms with E-state index < -0.39 is 10.0 Å². The number of fused-ring (bicyclic) bond motifs is 1. The normalized spacial score (nSPS) is 16.6. The molecule has 2 aromatic carbocycles. The molecule has 3 aromatic heterocycles. The van der Waals surface area contributed by atoms with Crippen molar-refractivity contribution in [2.75, 3.05) is 31.3 Å². The molecular weight excluding hydrogens is 641 g/mol. The zero-order valence-electron chi connectivity index (χ0n) is 27.3. The van der Waals surface area contributed by atoms with E-state index in [0.717, 1.165) is 18.5 Å². The number of pyridine rings is 1. The number of carbonyl (C=O) groups excluding carboxylic acids is 2. The van der Waals surface area contributed by atoms with Crippen molar-refractivity contribution in [3.8, 4) is 11.3 Å². The van der Waals surface area contributed by atoms with Gasteiger partial charge in [-0.15, -0.1) is 0 Å². The number of benzene rings is 2. The number of rotatable bonds is 11. The summed E-state index contributed by atoms with van der Waals surface area (Å²) in [4.78, 5) is 40.7. The monoisotopic (exact) mass is 678 g/mol. The molecule has 252 valence electrons. The van der Waals surface area contributed by atoms with Gasteiger partial charge in [-0.1, -0.05) is 30.3 Å². The maximum Gasteiger partial charge on any atom is 0.269 e. The minimum absolute atomic E-state index is 0.0366.